The molecule has 0 aliphatic rings. The summed E-state index contributed by atoms with van der Waals surface area (Å²) < 4.78 is 5.56. The van der Waals surface area contributed by atoms with Crippen molar-refractivity contribution in [1.29, 1.82) is 0 Å². The highest BCUT2D eigenvalue weighted by Crippen LogP contribution is 2.18. The second kappa shape index (κ2) is 9.41. The zero-order chi connectivity index (χ0) is 18.5. The van der Waals surface area contributed by atoms with Gasteiger partial charge in [0.1, 0.15) is 6.26 Å². The van der Waals surface area contributed by atoms with Gasteiger partial charge in [0, 0.05) is 23.8 Å². The first-order valence-corrected chi connectivity index (χ1v) is 8.83. The van der Waals surface area contributed by atoms with E-state index in [2.05, 4.69) is 43.8 Å². The van der Waals surface area contributed by atoms with Gasteiger partial charge in [0.15, 0.2) is 5.96 Å². The maximum atomic E-state index is 5.56. The summed E-state index contributed by atoms with van der Waals surface area (Å²) in [6.45, 7) is 1.19. The molecule has 0 bridgehead atoms. The van der Waals surface area contributed by atoms with Gasteiger partial charge < -0.3 is 20.0 Å². The second-order valence-electron chi connectivity index (χ2n) is 6.17. The molecule has 0 atom stereocenters. The van der Waals surface area contributed by atoms with Crippen LogP contribution in [0.25, 0.3) is 22.4 Å². The molecule has 0 saturated heterocycles. The highest BCUT2D eigenvalue weighted by atomic mass is 127. The van der Waals surface area contributed by atoms with Crippen molar-refractivity contribution in [2.75, 3.05) is 7.05 Å². The van der Waals surface area contributed by atoms with E-state index < -0.39 is 0 Å². The van der Waals surface area contributed by atoms with Crippen LogP contribution in [0, 0.1) is 0 Å². The summed E-state index contributed by atoms with van der Waals surface area (Å²) in [4.78, 5) is 12.2. The molecule has 0 fully saturated rings. The molecule has 3 N–H and O–H groups in total. The van der Waals surface area contributed by atoms with Crippen LogP contribution in [0.5, 0.6) is 0 Å². The van der Waals surface area contributed by atoms with Crippen LogP contribution < -0.4 is 10.6 Å². The molecule has 6 nitrogen and oxygen atoms in total. The van der Waals surface area contributed by atoms with E-state index in [0.717, 1.165) is 22.5 Å². The number of fused-ring (bicyclic) bond motifs is 1. The fraction of sp³-hybridized carbons (Fsp3) is 0.143. The van der Waals surface area contributed by atoms with Gasteiger partial charge in [0.2, 0.25) is 5.89 Å². The Hall–Kier alpha value is -2.81. The van der Waals surface area contributed by atoms with Crippen molar-refractivity contribution in [2.45, 2.75) is 13.1 Å². The molecule has 2 aromatic heterocycles. The number of halogens is 1. The summed E-state index contributed by atoms with van der Waals surface area (Å²) in [6.07, 6.45) is 1.67. The van der Waals surface area contributed by atoms with Crippen molar-refractivity contribution in [3.05, 3.63) is 78.3 Å². The molecule has 0 aliphatic heterocycles. The van der Waals surface area contributed by atoms with Crippen molar-refractivity contribution >= 4 is 40.8 Å². The number of para-hydroxylation sites is 1. The number of hydrogen-bond donors (Lipinski definition) is 3. The number of H-pyrrole nitrogens is 1. The Labute approximate surface area is 180 Å². The predicted molar refractivity (Wildman–Crippen MR) is 123 cm³/mol. The minimum absolute atomic E-state index is 0. The Kier molecular flexibility index (Phi) is 6.70. The van der Waals surface area contributed by atoms with Crippen LogP contribution in [0.4, 0.5) is 0 Å². The van der Waals surface area contributed by atoms with Crippen molar-refractivity contribution in [2.24, 2.45) is 4.99 Å². The Balaban J connectivity index is 0.00000225. The summed E-state index contributed by atoms with van der Waals surface area (Å²) in [7, 11) is 1.75. The zero-order valence-electron chi connectivity index (χ0n) is 15.5. The average molecular weight is 487 g/mol. The van der Waals surface area contributed by atoms with E-state index in [-0.39, 0.29) is 24.0 Å². The molecule has 28 heavy (non-hydrogen) atoms. The van der Waals surface area contributed by atoms with Gasteiger partial charge in [-0.1, -0.05) is 36.4 Å². The molecule has 7 heteroatoms. The van der Waals surface area contributed by atoms with Gasteiger partial charge in [-0.3, -0.25) is 4.99 Å². The summed E-state index contributed by atoms with van der Waals surface area (Å²) in [5, 5.41) is 7.76. The number of hydrogen-bond acceptors (Lipinski definition) is 3. The lowest BCUT2D eigenvalue weighted by Crippen LogP contribution is -2.36. The van der Waals surface area contributed by atoms with E-state index in [1.54, 1.807) is 13.3 Å². The lowest BCUT2D eigenvalue weighted by Gasteiger charge is -2.09. The fourth-order valence-electron chi connectivity index (χ4n) is 2.90. The van der Waals surface area contributed by atoms with Gasteiger partial charge >= 0.3 is 0 Å². The topological polar surface area (TPSA) is 78.2 Å². The van der Waals surface area contributed by atoms with Crippen LogP contribution in [-0.2, 0) is 13.1 Å². The largest absolute Gasteiger partial charge is 0.444 e. The number of aliphatic imine (C=N–C) groups is 1. The molecular weight excluding hydrogens is 465 g/mol. The van der Waals surface area contributed by atoms with Gasteiger partial charge in [0.25, 0.3) is 0 Å². The molecule has 0 radical (unpaired) electrons. The number of oxazole rings is 1. The molecular formula is C21H22IN5O. The number of aromatic nitrogens is 2. The first-order chi connectivity index (χ1) is 13.3. The molecule has 0 spiro atoms. The quantitative estimate of drug-likeness (QED) is 0.223. The molecule has 4 aromatic rings. The van der Waals surface area contributed by atoms with Crippen LogP contribution in [0.15, 0.2) is 76.3 Å². The average Bonchev–Trinajstić information content (AvgIpc) is 3.35. The number of rotatable bonds is 5. The van der Waals surface area contributed by atoms with Gasteiger partial charge in [-0.05, 0) is 29.7 Å². The molecule has 4 rings (SSSR count). The molecule has 144 valence electrons. The van der Waals surface area contributed by atoms with Crippen LogP contribution in [0.1, 0.15) is 11.4 Å². The van der Waals surface area contributed by atoms with Crippen molar-refractivity contribution < 1.29 is 4.42 Å². The highest BCUT2D eigenvalue weighted by molar-refractivity contribution is 14.0. The van der Waals surface area contributed by atoms with Crippen LogP contribution in [-0.4, -0.2) is 23.0 Å². The Morgan fingerprint density at radius 2 is 1.79 bits per heavy atom. The van der Waals surface area contributed by atoms with Crippen molar-refractivity contribution in [1.82, 2.24) is 20.6 Å². The number of aromatic amines is 1. The van der Waals surface area contributed by atoms with E-state index in [1.165, 1.54) is 5.39 Å². The monoisotopic (exact) mass is 487 g/mol. The number of nitrogens with zero attached hydrogens (tertiary/aromatic N) is 2. The lowest BCUT2D eigenvalue weighted by atomic mass is 10.2. The number of benzene rings is 2. The zero-order valence-corrected chi connectivity index (χ0v) is 17.8. The van der Waals surface area contributed by atoms with E-state index in [9.17, 15) is 0 Å². The Bertz CT molecular complexity index is 1020. The molecule has 0 saturated carbocycles. The summed E-state index contributed by atoms with van der Waals surface area (Å²) >= 11 is 0. The van der Waals surface area contributed by atoms with E-state index in [1.807, 2.05) is 42.5 Å². The van der Waals surface area contributed by atoms with Gasteiger partial charge in [-0.25, -0.2) is 4.98 Å². The Morgan fingerprint density at radius 1 is 1.04 bits per heavy atom. The van der Waals surface area contributed by atoms with Crippen LogP contribution in [0.3, 0.4) is 0 Å². The third-order valence-electron chi connectivity index (χ3n) is 4.27. The van der Waals surface area contributed by atoms with Crippen molar-refractivity contribution in [3.8, 4) is 11.5 Å². The third-order valence-corrected chi connectivity index (χ3v) is 4.27. The summed E-state index contributed by atoms with van der Waals surface area (Å²) in [5.41, 5.74) is 4.02. The second-order valence-corrected chi connectivity index (χ2v) is 6.17. The van der Waals surface area contributed by atoms with Gasteiger partial charge in [-0.2, -0.15) is 0 Å². The van der Waals surface area contributed by atoms with Gasteiger partial charge in [0.05, 0.1) is 18.8 Å². The number of nitrogens with one attached hydrogen (secondary N) is 3. The fourth-order valence-corrected chi connectivity index (χ4v) is 2.90. The molecule has 2 aromatic carbocycles. The van der Waals surface area contributed by atoms with E-state index in [4.69, 9.17) is 4.42 Å². The normalized spacial score (nSPS) is 11.2. The first-order valence-electron chi connectivity index (χ1n) is 8.83. The maximum absolute atomic E-state index is 5.56. The SMILES string of the molecule is CN=C(NCc1coc(-c2ccccc2)n1)NCc1cc2ccccc2[nH]1.I. The predicted octanol–water partition coefficient (Wildman–Crippen LogP) is 4.31. The maximum Gasteiger partial charge on any atom is 0.226 e. The smallest absolute Gasteiger partial charge is 0.226 e. The molecule has 2 heterocycles. The third kappa shape index (κ3) is 4.72. The van der Waals surface area contributed by atoms with Crippen molar-refractivity contribution in [3.63, 3.8) is 0 Å². The molecule has 0 aliphatic carbocycles. The van der Waals surface area contributed by atoms with E-state index in [0.29, 0.717) is 24.9 Å². The minimum atomic E-state index is 0. The number of guanidine groups is 1. The van der Waals surface area contributed by atoms with Crippen LogP contribution in [0.2, 0.25) is 0 Å². The summed E-state index contributed by atoms with van der Waals surface area (Å²) in [5.74, 6) is 1.33. The Morgan fingerprint density at radius 3 is 2.57 bits per heavy atom. The van der Waals surface area contributed by atoms with E-state index >= 15 is 0 Å². The molecule has 0 unspecified atom stereocenters. The lowest BCUT2D eigenvalue weighted by molar-refractivity contribution is 0.572. The van der Waals surface area contributed by atoms with Gasteiger partial charge in [-0.15, -0.1) is 24.0 Å². The summed E-state index contributed by atoms with van der Waals surface area (Å²) in [6, 6.07) is 20.2. The first kappa shape index (κ1) is 19.9. The molecule has 0 amide bonds. The highest BCUT2D eigenvalue weighted by Gasteiger charge is 2.07. The minimum Gasteiger partial charge on any atom is -0.444 e. The van der Waals surface area contributed by atoms with Crippen LogP contribution >= 0.6 is 24.0 Å². The standard InChI is InChI=1S/C21H21N5O.HI/c1-22-21(23-12-17-11-16-9-5-6-10-19(16)25-17)24-13-18-14-27-20(26-18)15-7-3-2-4-8-15;/h2-11,14,25H,12-13H2,1H3,(H2,22,23,24);1H.